The highest BCUT2D eigenvalue weighted by Crippen LogP contribution is 2.20. The number of hydrogen-bond acceptors (Lipinski definition) is 11. The number of ether oxygens (including phenoxy) is 2. The molecule has 0 aliphatic heterocycles. The van der Waals surface area contributed by atoms with Crippen LogP contribution in [0.15, 0.2) is 67.3 Å². The number of hydrogen-bond donors (Lipinski definition) is 2. The fourth-order valence-corrected chi connectivity index (χ4v) is 4.43. The van der Waals surface area contributed by atoms with Crippen molar-refractivity contribution in [2.24, 2.45) is 0 Å². The number of carbonyl (C=O) groups is 1. The topological polar surface area (TPSA) is 164 Å². The van der Waals surface area contributed by atoms with Gasteiger partial charge < -0.3 is 20.1 Å². The number of nitrogens with one attached hydrogen (secondary N) is 1. The van der Waals surface area contributed by atoms with Crippen molar-refractivity contribution in [2.45, 2.75) is 34.1 Å². The summed E-state index contributed by atoms with van der Waals surface area (Å²) in [7, 11) is -4.38. The first kappa shape index (κ1) is 32.4. The van der Waals surface area contributed by atoms with Crippen LogP contribution in [0.2, 0.25) is 0 Å². The smallest absolute Gasteiger partial charge is 0.362 e. The van der Waals surface area contributed by atoms with E-state index in [4.69, 9.17) is 19.4 Å². The van der Waals surface area contributed by atoms with E-state index in [0.29, 0.717) is 11.2 Å². The maximum Gasteiger partial charge on any atom is 0.362 e. The molecule has 0 fully saturated rings. The van der Waals surface area contributed by atoms with Crippen LogP contribution in [-0.2, 0) is 32.6 Å². The molecule has 0 atom stereocenters. The van der Waals surface area contributed by atoms with Gasteiger partial charge in [-0.3, -0.25) is 13.5 Å². The minimum Gasteiger partial charge on any atom is -0.488 e. The second kappa shape index (κ2) is 16.4. The first-order valence-electron chi connectivity index (χ1n) is 13.5. The molecule has 0 bridgehead atoms. The van der Waals surface area contributed by atoms with E-state index in [0.717, 1.165) is 5.56 Å². The van der Waals surface area contributed by atoms with Gasteiger partial charge in [-0.1, -0.05) is 63.2 Å². The van der Waals surface area contributed by atoms with Gasteiger partial charge in [-0.05, 0) is 37.3 Å². The lowest BCUT2D eigenvalue weighted by Gasteiger charge is -2.13. The van der Waals surface area contributed by atoms with Crippen molar-refractivity contribution in [2.75, 3.05) is 38.6 Å². The first-order chi connectivity index (χ1) is 20.3. The molecule has 0 saturated carbocycles. The predicted octanol–water partition coefficient (Wildman–Crippen LogP) is 3.00. The summed E-state index contributed by atoms with van der Waals surface area (Å²) in [5, 5.41) is 0. The number of nitrogen functional groups attached to an aromatic ring is 1. The molecule has 0 spiro atoms. The van der Waals surface area contributed by atoms with Crippen LogP contribution in [0.4, 0.5) is 5.82 Å². The third-order valence-corrected chi connectivity index (χ3v) is 6.97. The number of benzene rings is 2. The number of imidazole rings is 1. The molecule has 1 amide bonds. The number of rotatable bonds is 14. The van der Waals surface area contributed by atoms with Gasteiger partial charge in [0.05, 0.1) is 25.1 Å². The molecule has 42 heavy (non-hydrogen) atoms. The Morgan fingerprint density at radius 2 is 1.64 bits per heavy atom. The molecule has 0 aliphatic carbocycles. The second-order valence-corrected chi connectivity index (χ2v) is 10.1. The maximum atomic E-state index is 12.6. The Morgan fingerprint density at radius 1 is 0.952 bits per heavy atom. The highest BCUT2D eigenvalue weighted by atomic mass is 32.2. The van der Waals surface area contributed by atoms with Crippen LogP contribution < -0.4 is 15.2 Å². The van der Waals surface area contributed by atoms with Crippen LogP contribution >= 0.6 is 0 Å². The van der Waals surface area contributed by atoms with E-state index >= 15 is 0 Å². The number of carbonyl (C=O) groups excluding carboxylic acids is 1. The van der Waals surface area contributed by atoms with E-state index in [1.54, 1.807) is 22.8 Å². The minimum atomic E-state index is -4.38. The van der Waals surface area contributed by atoms with Crippen LogP contribution in [0.25, 0.3) is 11.2 Å². The van der Waals surface area contributed by atoms with Crippen molar-refractivity contribution in [3.8, 4) is 5.75 Å². The molecule has 2 aromatic heterocycles. The lowest BCUT2D eigenvalue weighted by atomic mass is 10.2. The Labute approximate surface area is 245 Å². The van der Waals surface area contributed by atoms with Crippen LogP contribution in [0.5, 0.6) is 5.75 Å². The van der Waals surface area contributed by atoms with Gasteiger partial charge in [0.1, 0.15) is 30.9 Å². The predicted molar refractivity (Wildman–Crippen MR) is 159 cm³/mol. The number of fused-ring (bicyclic) bond motifs is 1. The van der Waals surface area contributed by atoms with E-state index in [-0.39, 0.29) is 43.7 Å². The SMILES string of the molecule is CCN(CC)CC.Nc1ncnc2c1ncn2COCCOS(=O)(=O)NC(=O)c1ccccc1OCc1ccccc1. The minimum absolute atomic E-state index is 0.0366. The summed E-state index contributed by atoms with van der Waals surface area (Å²) < 4.78 is 43.8. The van der Waals surface area contributed by atoms with E-state index in [9.17, 15) is 13.2 Å². The third kappa shape index (κ3) is 9.76. The fourth-order valence-electron chi connectivity index (χ4n) is 3.74. The van der Waals surface area contributed by atoms with Crippen molar-refractivity contribution in [1.82, 2.24) is 29.1 Å². The van der Waals surface area contributed by atoms with Gasteiger partial charge in [0.2, 0.25) is 0 Å². The van der Waals surface area contributed by atoms with Gasteiger partial charge in [0.15, 0.2) is 11.5 Å². The molecule has 2 heterocycles. The van der Waals surface area contributed by atoms with Gasteiger partial charge in [-0.25, -0.2) is 19.7 Å². The molecule has 0 aliphatic rings. The standard InChI is InChI=1S/C22H22N6O6S.C6H15N/c23-20-19-21(25-13-24-20)28(14-26-19)15-32-10-11-34-35(30,31)27-22(29)17-8-4-5-9-18(17)33-12-16-6-2-1-3-7-16;1-4-7(5-2)6-3/h1-9,13-14H,10-12,15H2,(H,27,29)(H2,23,24,25);4-6H2,1-3H3. The number of anilines is 1. The summed E-state index contributed by atoms with van der Waals surface area (Å²) >= 11 is 0. The van der Waals surface area contributed by atoms with Gasteiger partial charge in [0, 0.05) is 0 Å². The molecule has 13 nitrogen and oxygen atoms in total. The second-order valence-electron chi connectivity index (χ2n) is 8.78. The molecule has 14 heteroatoms. The Balaban J connectivity index is 0.000000616. The summed E-state index contributed by atoms with van der Waals surface area (Å²) in [4.78, 5) is 27.0. The maximum absolute atomic E-state index is 12.6. The van der Waals surface area contributed by atoms with E-state index < -0.39 is 16.2 Å². The summed E-state index contributed by atoms with van der Waals surface area (Å²) in [5.74, 6) is -0.396. The largest absolute Gasteiger partial charge is 0.488 e. The number of nitrogens with two attached hydrogens (primary N) is 1. The Kier molecular flexibility index (Phi) is 12.6. The Morgan fingerprint density at radius 3 is 2.33 bits per heavy atom. The van der Waals surface area contributed by atoms with Crippen LogP contribution in [0.3, 0.4) is 0 Å². The summed E-state index contributed by atoms with van der Waals surface area (Å²) in [5.41, 5.74) is 7.60. The van der Waals surface area contributed by atoms with Crippen LogP contribution in [0.1, 0.15) is 36.7 Å². The molecule has 4 rings (SSSR count). The molecule has 226 valence electrons. The lowest BCUT2D eigenvalue weighted by molar-refractivity contribution is 0.0564. The van der Waals surface area contributed by atoms with Crippen molar-refractivity contribution in [3.05, 3.63) is 78.4 Å². The van der Waals surface area contributed by atoms with E-state index in [2.05, 4.69) is 40.6 Å². The average molecular weight is 600 g/mol. The monoisotopic (exact) mass is 599 g/mol. The van der Waals surface area contributed by atoms with Crippen LogP contribution in [0, 0.1) is 0 Å². The van der Waals surface area contributed by atoms with Gasteiger partial charge in [0.25, 0.3) is 5.91 Å². The van der Waals surface area contributed by atoms with Crippen molar-refractivity contribution in [3.63, 3.8) is 0 Å². The lowest BCUT2D eigenvalue weighted by Crippen LogP contribution is -2.33. The summed E-state index contributed by atoms with van der Waals surface area (Å²) in [6.45, 7) is 9.98. The van der Waals surface area contributed by atoms with E-state index in [1.807, 2.05) is 35.1 Å². The number of nitrogens with zero attached hydrogens (tertiary/aromatic N) is 5. The molecule has 3 N–H and O–H groups in total. The number of aromatic nitrogens is 4. The molecular formula is C28H37N7O6S. The van der Waals surface area contributed by atoms with Crippen molar-refractivity contribution < 1.29 is 26.9 Å². The third-order valence-electron chi connectivity index (χ3n) is 6.05. The van der Waals surface area contributed by atoms with Gasteiger partial charge >= 0.3 is 10.3 Å². The highest BCUT2D eigenvalue weighted by Gasteiger charge is 2.20. The Bertz CT molecular complexity index is 1510. The van der Waals surface area contributed by atoms with Crippen molar-refractivity contribution >= 4 is 33.2 Å². The molecule has 4 aromatic rings. The molecular weight excluding hydrogens is 562 g/mol. The zero-order chi connectivity index (χ0) is 30.4. The molecule has 0 radical (unpaired) electrons. The van der Waals surface area contributed by atoms with Gasteiger partial charge in [-0.15, -0.1) is 0 Å². The number of para-hydroxylation sites is 1. The highest BCUT2D eigenvalue weighted by molar-refractivity contribution is 7.85. The summed E-state index contributed by atoms with van der Waals surface area (Å²) in [6.07, 6.45) is 2.78. The Hall–Kier alpha value is -4.11. The molecule has 2 aromatic carbocycles. The zero-order valence-corrected chi connectivity index (χ0v) is 24.8. The fraction of sp³-hybridized carbons (Fsp3) is 0.357. The normalized spacial score (nSPS) is 11.2. The first-order valence-corrected chi connectivity index (χ1v) is 14.9. The molecule has 0 saturated heterocycles. The molecule has 0 unspecified atom stereocenters. The summed E-state index contributed by atoms with van der Waals surface area (Å²) in [6, 6.07) is 15.7. The average Bonchev–Trinajstić information content (AvgIpc) is 3.42. The van der Waals surface area contributed by atoms with E-state index in [1.165, 1.54) is 38.4 Å². The van der Waals surface area contributed by atoms with Gasteiger partial charge in [-0.2, -0.15) is 8.42 Å². The van der Waals surface area contributed by atoms with Crippen molar-refractivity contribution in [1.29, 1.82) is 0 Å². The quantitative estimate of drug-likeness (QED) is 0.205. The zero-order valence-electron chi connectivity index (χ0n) is 24.0. The number of amides is 1. The van der Waals surface area contributed by atoms with Crippen LogP contribution in [-0.4, -0.2) is 71.6 Å².